The highest BCUT2D eigenvalue weighted by Crippen LogP contribution is 2.22. The van der Waals surface area contributed by atoms with Gasteiger partial charge in [-0.25, -0.2) is 0 Å². The molecule has 0 bridgehead atoms. The zero-order chi connectivity index (χ0) is 22.0. The second-order valence-electron chi connectivity index (χ2n) is 10.0. The quantitative estimate of drug-likeness (QED) is 0.0963. The molecule has 0 heterocycles. The molecule has 0 aromatic rings. The minimum absolute atomic E-state index is 1.01. The summed E-state index contributed by atoms with van der Waals surface area (Å²) in [4.78, 5) is 0. The lowest BCUT2D eigenvalue weighted by Gasteiger charge is -2.14. The molecule has 0 aromatic heterocycles. The normalized spacial score (nSPS) is 12.3. The molecule has 1 atom stereocenters. The first-order chi connectivity index (χ1) is 14.8. The smallest absolute Gasteiger partial charge is 0.0353 e. The minimum atomic E-state index is 1.01. The molecule has 0 heteroatoms. The molecule has 0 nitrogen and oxygen atoms in total. The van der Waals surface area contributed by atoms with Crippen LogP contribution in [0.4, 0.5) is 0 Å². The Bertz CT molecular complexity index is 305. The van der Waals surface area contributed by atoms with Gasteiger partial charge in [-0.05, 0) is 18.8 Å². The molecule has 0 saturated heterocycles. The Kier molecular flexibility index (Phi) is 26.5. The maximum atomic E-state index is 3.80. The van der Waals surface area contributed by atoms with Crippen LogP contribution in [0.5, 0.6) is 0 Å². The largest absolute Gasteiger partial charge is 0.103 e. The Hall–Kier alpha value is -0.260. The summed E-state index contributed by atoms with van der Waals surface area (Å²) in [6.07, 6.45) is 38.3. The van der Waals surface area contributed by atoms with Gasteiger partial charge < -0.3 is 0 Å². The summed E-state index contributed by atoms with van der Waals surface area (Å²) in [5, 5.41) is 0. The van der Waals surface area contributed by atoms with E-state index in [1.165, 1.54) is 161 Å². The average Bonchev–Trinajstić information content (AvgIpc) is 2.76. The molecule has 0 aliphatic carbocycles. The van der Waals surface area contributed by atoms with E-state index in [1.54, 1.807) is 0 Å². The van der Waals surface area contributed by atoms with E-state index < -0.39 is 0 Å². The fourth-order valence-electron chi connectivity index (χ4n) is 4.79. The first-order valence-corrected chi connectivity index (χ1v) is 14.5. The van der Waals surface area contributed by atoms with Crippen LogP contribution >= 0.6 is 0 Å². The van der Waals surface area contributed by atoms with Crippen LogP contribution in [0.15, 0.2) is 12.7 Å². The second kappa shape index (κ2) is 26.8. The molecule has 0 N–H and O–H groups in total. The van der Waals surface area contributed by atoms with Crippen LogP contribution in [0.1, 0.15) is 174 Å². The number of rotatable bonds is 26. The van der Waals surface area contributed by atoms with Crippen molar-refractivity contribution in [3.63, 3.8) is 0 Å². The van der Waals surface area contributed by atoms with Crippen molar-refractivity contribution in [2.75, 3.05) is 0 Å². The summed E-state index contributed by atoms with van der Waals surface area (Å²) < 4.78 is 0. The van der Waals surface area contributed by atoms with Crippen molar-refractivity contribution in [3.05, 3.63) is 12.7 Å². The molecule has 0 saturated carbocycles. The van der Waals surface area contributed by atoms with Crippen LogP contribution in [-0.2, 0) is 0 Å². The molecule has 0 rings (SSSR count). The van der Waals surface area contributed by atoms with Gasteiger partial charge in [0.05, 0.1) is 0 Å². The first-order valence-electron chi connectivity index (χ1n) is 14.5. The van der Waals surface area contributed by atoms with Gasteiger partial charge in [-0.15, -0.1) is 6.58 Å². The summed E-state index contributed by atoms with van der Waals surface area (Å²) in [6, 6.07) is 0. The third-order valence-corrected chi connectivity index (χ3v) is 7.06. The van der Waals surface area contributed by atoms with Gasteiger partial charge in [-0.1, -0.05) is 168 Å². The van der Waals surface area contributed by atoms with Gasteiger partial charge in [0.1, 0.15) is 0 Å². The molecule has 0 aromatic carbocycles. The standard InChI is InChI=1S/C30H60/c1-4-7-9-11-13-15-16-17-18-19-21-23-25-27-29-30(6-3)28-26-24-22-20-14-12-10-8-5-2/h4,30H,1,5-29H2,2-3H3. The van der Waals surface area contributed by atoms with Crippen molar-refractivity contribution < 1.29 is 0 Å². The van der Waals surface area contributed by atoms with Gasteiger partial charge in [-0.3, -0.25) is 0 Å². The topological polar surface area (TPSA) is 0 Å². The maximum Gasteiger partial charge on any atom is -0.0353 e. The Morgan fingerprint density at radius 1 is 0.467 bits per heavy atom. The molecule has 0 amide bonds. The van der Waals surface area contributed by atoms with Gasteiger partial charge in [0, 0.05) is 0 Å². The van der Waals surface area contributed by atoms with E-state index >= 15 is 0 Å². The van der Waals surface area contributed by atoms with Crippen LogP contribution in [0.25, 0.3) is 0 Å². The van der Waals surface area contributed by atoms with E-state index in [2.05, 4.69) is 26.5 Å². The Labute approximate surface area is 193 Å². The van der Waals surface area contributed by atoms with E-state index in [9.17, 15) is 0 Å². The average molecular weight is 421 g/mol. The SMILES string of the molecule is C=CCCCCCCCCCCCCCCC(CC)CCCCCCCCCCC. The maximum absolute atomic E-state index is 3.80. The number of unbranched alkanes of at least 4 members (excludes halogenated alkanes) is 20. The lowest BCUT2D eigenvalue weighted by atomic mass is 9.92. The molecule has 0 spiro atoms. The van der Waals surface area contributed by atoms with Crippen LogP contribution in [0, 0.1) is 5.92 Å². The third kappa shape index (κ3) is 24.0. The zero-order valence-electron chi connectivity index (χ0n) is 21.5. The van der Waals surface area contributed by atoms with Crippen LogP contribution in [-0.4, -0.2) is 0 Å². The summed E-state index contributed by atoms with van der Waals surface area (Å²) in [7, 11) is 0. The number of hydrogen-bond donors (Lipinski definition) is 0. The predicted molar refractivity (Wildman–Crippen MR) is 140 cm³/mol. The summed E-state index contributed by atoms with van der Waals surface area (Å²) in [6.45, 7) is 8.52. The third-order valence-electron chi connectivity index (χ3n) is 7.06. The monoisotopic (exact) mass is 420 g/mol. The van der Waals surface area contributed by atoms with Crippen molar-refractivity contribution in [2.24, 2.45) is 5.92 Å². The number of hydrogen-bond acceptors (Lipinski definition) is 0. The molecule has 0 radical (unpaired) electrons. The highest BCUT2D eigenvalue weighted by molar-refractivity contribution is 4.65. The summed E-state index contributed by atoms with van der Waals surface area (Å²) >= 11 is 0. The molecular formula is C30H60. The van der Waals surface area contributed by atoms with Crippen molar-refractivity contribution in [1.29, 1.82) is 0 Å². The Morgan fingerprint density at radius 2 is 0.800 bits per heavy atom. The van der Waals surface area contributed by atoms with E-state index in [4.69, 9.17) is 0 Å². The summed E-state index contributed by atoms with van der Waals surface area (Å²) in [5.41, 5.74) is 0. The van der Waals surface area contributed by atoms with Crippen molar-refractivity contribution >= 4 is 0 Å². The zero-order valence-corrected chi connectivity index (χ0v) is 21.5. The van der Waals surface area contributed by atoms with E-state index in [-0.39, 0.29) is 0 Å². The fraction of sp³-hybridized carbons (Fsp3) is 0.933. The van der Waals surface area contributed by atoms with Crippen LogP contribution in [0.3, 0.4) is 0 Å². The molecule has 180 valence electrons. The van der Waals surface area contributed by atoms with E-state index in [0.717, 1.165) is 5.92 Å². The highest BCUT2D eigenvalue weighted by atomic mass is 14.1. The Morgan fingerprint density at radius 3 is 1.13 bits per heavy atom. The van der Waals surface area contributed by atoms with Gasteiger partial charge in [0.15, 0.2) is 0 Å². The van der Waals surface area contributed by atoms with Crippen molar-refractivity contribution in [2.45, 2.75) is 174 Å². The van der Waals surface area contributed by atoms with Gasteiger partial charge in [0.2, 0.25) is 0 Å². The minimum Gasteiger partial charge on any atom is -0.103 e. The fourth-order valence-corrected chi connectivity index (χ4v) is 4.79. The van der Waals surface area contributed by atoms with Crippen LogP contribution in [0.2, 0.25) is 0 Å². The van der Waals surface area contributed by atoms with E-state index in [0.29, 0.717) is 0 Å². The lowest BCUT2D eigenvalue weighted by Crippen LogP contribution is -1.99. The predicted octanol–water partition coefficient (Wildman–Crippen LogP) is 11.6. The molecule has 1 unspecified atom stereocenters. The van der Waals surface area contributed by atoms with Gasteiger partial charge in [0.25, 0.3) is 0 Å². The molecular weight excluding hydrogens is 360 g/mol. The highest BCUT2D eigenvalue weighted by Gasteiger charge is 2.06. The van der Waals surface area contributed by atoms with Gasteiger partial charge in [-0.2, -0.15) is 0 Å². The van der Waals surface area contributed by atoms with Crippen LogP contribution < -0.4 is 0 Å². The van der Waals surface area contributed by atoms with E-state index in [1.807, 2.05) is 0 Å². The molecule has 0 aliphatic rings. The van der Waals surface area contributed by atoms with Crippen molar-refractivity contribution in [3.8, 4) is 0 Å². The lowest BCUT2D eigenvalue weighted by molar-refractivity contribution is 0.392. The molecule has 30 heavy (non-hydrogen) atoms. The Balaban J connectivity index is 3.26. The van der Waals surface area contributed by atoms with Crippen molar-refractivity contribution in [1.82, 2.24) is 0 Å². The molecule has 0 aliphatic heterocycles. The second-order valence-corrected chi connectivity index (χ2v) is 10.0. The molecule has 0 fully saturated rings. The first kappa shape index (κ1) is 29.7. The number of allylic oxidation sites excluding steroid dienone is 1. The summed E-state index contributed by atoms with van der Waals surface area (Å²) in [5.74, 6) is 1.01. The van der Waals surface area contributed by atoms with Gasteiger partial charge >= 0.3 is 0 Å².